The topological polar surface area (TPSA) is 76.8 Å². The Morgan fingerprint density at radius 2 is 2.04 bits per heavy atom. The second-order valence-corrected chi connectivity index (χ2v) is 7.09. The smallest absolute Gasteiger partial charge is 0.258 e. The SMILES string of the molecule is Cc1nc(CN(C(=O)c2cccc(-n3cnnn3)c2)c2ccc(F)cc2)cs1. The Kier molecular flexibility index (Phi) is 4.90. The van der Waals surface area contributed by atoms with Gasteiger partial charge in [-0.3, -0.25) is 4.79 Å². The predicted molar refractivity (Wildman–Crippen MR) is 103 cm³/mol. The van der Waals surface area contributed by atoms with Gasteiger partial charge in [-0.1, -0.05) is 6.07 Å². The lowest BCUT2D eigenvalue weighted by Gasteiger charge is -2.22. The maximum absolute atomic E-state index is 13.4. The van der Waals surface area contributed by atoms with E-state index in [2.05, 4.69) is 20.5 Å². The van der Waals surface area contributed by atoms with E-state index in [0.717, 1.165) is 10.7 Å². The molecule has 0 unspecified atom stereocenters. The molecule has 0 bridgehead atoms. The van der Waals surface area contributed by atoms with Crippen LogP contribution in [0.3, 0.4) is 0 Å². The van der Waals surface area contributed by atoms with Crippen molar-refractivity contribution in [2.24, 2.45) is 0 Å². The van der Waals surface area contributed by atoms with Crippen LogP contribution in [0.4, 0.5) is 10.1 Å². The maximum atomic E-state index is 13.4. The van der Waals surface area contributed by atoms with Gasteiger partial charge in [0.1, 0.15) is 12.1 Å². The second-order valence-electron chi connectivity index (χ2n) is 6.03. The van der Waals surface area contributed by atoms with Gasteiger partial charge in [-0.05, 0) is 59.8 Å². The molecule has 0 fully saturated rings. The van der Waals surface area contributed by atoms with Crippen LogP contribution in [0.25, 0.3) is 5.69 Å². The number of thiazole rings is 1. The molecular weight excluding hydrogens is 379 g/mol. The molecule has 2 aromatic heterocycles. The Hall–Kier alpha value is -3.46. The van der Waals surface area contributed by atoms with Crippen LogP contribution in [0.15, 0.2) is 60.2 Å². The second kappa shape index (κ2) is 7.65. The summed E-state index contributed by atoms with van der Waals surface area (Å²) >= 11 is 1.52. The van der Waals surface area contributed by atoms with Gasteiger partial charge in [-0.25, -0.2) is 14.1 Å². The van der Waals surface area contributed by atoms with Crippen LogP contribution < -0.4 is 4.90 Å². The quantitative estimate of drug-likeness (QED) is 0.518. The van der Waals surface area contributed by atoms with E-state index in [4.69, 9.17) is 0 Å². The maximum Gasteiger partial charge on any atom is 0.258 e. The Bertz CT molecular complexity index is 1090. The molecule has 0 aliphatic heterocycles. The molecule has 2 aromatic carbocycles. The molecule has 140 valence electrons. The van der Waals surface area contributed by atoms with Crippen LogP contribution in [-0.2, 0) is 6.54 Å². The molecular formula is C19H15FN6OS. The standard InChI is InChI=1S/C19H15FN6OS/c1-13-22-16(11-28-13)10-25(17-7-5-15(20)6-8-17)19(27)14-3-2-4-18(9-14)26-12-21-23-24-26/h2-9,11-12H,10H2,1H3. The van der Waals surface area contributed by atoms with Gasteiger partial charge in [-0.2, -0.15) is 0 Å². The van der Waals surface area contributed by atoms with E-state index in [1.165, 1.54) is 34.5 Å². The van der Waals surface area contributed by atoms with Gasteiger partial charge in [0, 0.05) is 16.6 Å². The number of aromatic nitrogens is 5. The van der Waals surface area contributed by atoms with Gasteiger partial charge >= 0.3 is 0 Å². The van der Waals surface area contributed by atoms with Crippen molar-refractivity contribution in [2.45, 2.75) is 13.5 Å². The van der Waals surface area contributed by atoms with E-state index in [-0.39, 0.29) is 18.3 Å². The first-order chi connectivity index (χ1) is 13.6. The Morgan fingerprint density at radius 1 is 1.21 bits per heavy atom. The number of tetrazole rings is 1. The van der Waals surface area contributed by atoms with E-state index in [9.17, 15) is 9.18 Å². The number of amides is 1. The fraction of sp³-hybridized carbons (Fsp3) is 0.105. The number of carbonyl (C=O) groups excluding carboxylic acids is 1. The summed E-state index contributed by atoms with van der Waals surface area (Å²) in [5, 5.41) is 13.9. The summed E-state index contributed by atoms with van der Waals surface area (Å²) < 4.78 is 14.9. The number of nitrogens with zero attached hydrogens (tertiary/aromatic N) is 6. The molecule has 0 aliphatic carbocycles. The van der Waals surface area contributed by atoms with Crippen molar-refractivity contribution in [2.75, 3.05) is 4.90 Å². The van der Waals surface area contributed by atoms with Gasteiger partial charge in [0.15, 0.2) is 0 Å². The summed E-state index contributed by atoms with van der Waals surface area (Å²) in [6.45, 7) is 2.19. The van der Waals surface area contributed by atoms with Gasteiger partial charge in [0.05, 0.1) is 22.9 Å². The highest BCUT2D eigenvalue weighted by molar-refractivity contribution is 7.09. The van der Waals surface area contributed by atoms with Crippen LogP contribution in [0.1, 0.15) is 21.1 Å². The third kappa shape index (κ3) is 3.79. The summed E-state index contributed by atoms with van der Waals surface area (Å²) in [5.41, 5.74) is 2.49. The molecule has 1 amide bonds. The number of rotatable bonds is 5. The summed E-state index contributed by atoms with van der Waals surface area (Å²) in [6, 6.07) is 12.8. The molecule has 0 radical (unpaired) electrons. The minimum atomic E-state index is -0.360. The van der Waals surface area contributed by atoms with Crippen molar-refractivity contribution >= 4 is 22.9 Å². The molecule has 28 heavy (non-hydrogen) atoms. The molecule has 0 saturated carbocycles. The van der Waals surface area contributed by atoms with Gasteiger partial charge in [0.25, 0.3) is 5.91 Å². The number of hydrogen-bond donors (Lipinski definition) is 0. The number of aryl methyl sites for hydroxylation is 1. The number of anilines is 1. The number of benzene rings is 2. The first-order valence-corrected chi connectivity index (χ1v) is 9.30. The van der Waals surface area contributed by atoms with Crippen LogP contribution in [0.2, 0.25) is 0 Å². The highest BCUT2D eigenvalue weighted by Gasteiger charge is 2.20. The molecule has 4 rings (SSSR count). The first kappa shape index (κ1) is 17.9. The Morgan fingerprint density at radius 3 is 2.71 bits per heavy atom. The lowest BCUT2D eigenvalue weighted by Crippen LogP contribution is -2.30. The number of carbonyl (C=O) groups is 1. The third-order valence-corrected chi connectivity index (χ3v) is 4.90. The number of hydrogen-bond acceptors (Lipinski definition) is 6. The van der Waals surface area contributed by atoms with Crippen LogP contribution in [0.5, 0.6) is 0 Å². The summed E-state index contributed by atoms with van der Waals surface area (Å²) in [7, 11) is 0. The van der Waals surface area contributed by atoms with Crippen molar-refractivity contribution in [3.8, 4) is 5.69 Å². The van der Waals surface area contributed by atoms with Crippen molar-refractivity contribution in [1.82, 2.24) is 25.2 Å². The Balaban J connectivity index is 1.70. The van der Waals surface area contributed by atoms with Gasteiger partial charge in [0.2, 0.25) is 0 Å². The van der Waals surface area contributed by atoms with Crippen LogP contribution in [-0.4, -0.2) is 31.1 Å². The van der Waals surface area contributed by atoms with Crippen LogP contribution in [0, 0.1) is 12.7 Å². The molecule has 0 saturated heterocycles. The summed E-state index contributed by atoms with van der Waals surface area (Å²) in [6.07, 6.45) is 1.46. The zero-order chi connectivity index (χ0) is 19.5. The molecule has 4 aromatic rings. The fourth-order valence-electron chi connectivity index (χ4n) is 2.76. The molecule has 9 heteroatoms. The molecule has 0 spiro atoms. The predicted octanol–water partition coefficient (Wildman–Crippen LogP) is 3.41. The first-order valence-electron chi connectivity index (χ1n) is 8.42. The largest absolute Gasteiger partial charge is 0.302 e. The highest BCUT2D eigenvalue weighted by Crippen LogP contribution is 2.22. The van der Waals surface area contributed by atoms with Crippen molar-refractivity contribution in [3.63, 3.8) is 0 Å². The zero-order valence-electron chi connectivity index (χ0n) is 14.9. The van der Waals surface area contributed by atoms with E-state index < -0.39 is 0 Å². The molecule has 0 aliphatic rings. The van der Waals surface area contributed by atoms with Crippen molar-refractivity contribution in [1.29, 1.82) is 0 Å². The van der Waals surface area contributed by atoms with E-state index >= 15 is 0 Å². The molecule has 0 atom stereocenters. The summed E-state index contributed by atoms with van der Waals surface area (Å²) in [5.74, 6) is -0.589. The van der Waals surface area contributed by atoms with Gasteiger partial charge in [-0.15, -0.1) is 16.4 Å². The average Bonchev–Trinajstić information content (AvgIpc) is 3.38. The lowest BCUT2D eigenvalue weighted by atomic mass is 10.1. The minimum absolute atomic E-state index is 0.229. The van der Waals surface area contributed by atoms with Crippen molar-refractivity contribution in [3.05, 3.63) is 82.3 Å². The average molecular weight is 394 g/mol. The Labute approximate surface area is 164 Å². The van der Waals surface area contributed by atoms with E-state index in [0.29, 0.717) is 16.9 Å². The monoisotopic (exact) mass is 394 g/mol. The molecule has 2 heterocycles. The van der Waals surface area contributed by atoms with Crippen LogP contribution >= 0.6 is 11.3 Å². The summed E-state index contributed by atoms with van der Waals surface area (Å²) in [4.78, 5) is 19.3. The van der Waals surface area contributed by atoms with E-state index in [1.807, 2.05) is 12.3 Å². The molecule has 7 nitrogen and oxygen atoms in total. The van der Waals surface area contributed by atoms with Crippen molar-refractivity contribution < 1.29 is 9.18 Å². The fourth-order valence-corrected chi connectivity index (χ4v) is 3.36. The minimum Gasteiger partial charge on any atom is -0.302 e. The normalized spacial score (nSPS) is 10.8. The van der Waals surface area contributed by atoms with Gasteiger partial charge < -0.3 is 4.90 Å². The number of halogens is 1. The van der Waals surface area contributed by atoms with E-state index in [1.54, 1.807) is 41.3 Å². The molecule has 0 N–H and O–H groups in total. The third-order valence-electron chi connectivity index (χ3n) is 4.08. The lowest BCUT2D eigenvalue weighted by molar-refractivity contribution is 0.0984. The zero-order valence-corrected chi connectivity index (χ0v) is 15.7. The highest BCUT2D eigenvalue weighted by atomic mass is 32.1.